The first-order valence-electron chi connectivity index (χ1n) is 5.72. The van der Waals surface area contributed by atoms with Crippen molar-refractivity contribution in [1.29, 1.82) is 0 Å². The third-order valence-electron chi connectivity index (χ3n) is 2.47. The largest absolute Gasteiger partial charge is 0.496 e. The summed E-state index contributed by atoms with van der Waals surface area (Å²) in [5.74, 6) is 0.443. The van der Waals surface area contributed by atoms with Crippen molar-refractivity contribution in [2.75, 3.05) is 20.3 Å². The third kappa shape index (κ3) is 4.07. The van der Waals surface area contributed by atoms with Crippen LogP contribution < -0.4 is 10.1 Å². The summed E-state index contributed by atoms with van der Waals surface area (Å²) in [6, 6.07) is 5.50. The number of carbonyl (C=O) groups excluding carboxylic acids is 1. The van der Waals surface area contributed by atoms with Crippen LogP contribution in [0.25, 0.3) is 0 Å². The highest BCUT2D eigenvalue weighted by Crippen LogP contribution is 2.19. The fourth-order valence-corrected chi connectivity index (χ4v) is 1.53. The molecule has 2 N–H and O–H groups in total. The van der Waals surface area contributed by atoms with Gasteiger partial charge in [-0.2, -0.15) is 0 Å². The Kier molecular flexibility index (Phi) is 5.49. The lowest BCUT2D eigenvalue weighted by molar-refractivity contribution is 0.0949. The number of rotatable bonds is 6. The Balaban J connectivity index is 2.64. The molecule has 0 bridgehead atoms. The Labute approximate surface area is 102 Å². The molecule has 0 unspecified atom stereocenters. The van der Waals surface area contributed by atoms with Gasteiger partial charge in [-0.05, 0) is 31.9 Å². The maximum Gasteiger partial charge on any atom is 0.255 e. The topological polar surface area (TPSA) is 58.6 Å². The zero-order chi connectivity index (χ0) is 12.7. The molecule has 0 spiro atoms. The number of methoxy groups -OCH3 is 1. The van der Waals surface area contributed by atoms with Gasteiger partial charge in [0, 0.05) is 13.2 Å². The van der Waals surface area contributed by atoms with E-state index in [-0.39, 0.29) is 12.5 Å². The van der Waals surface area contributed by atoms with Crippen molar-refractivity contribution in [3.8, 4) is 5.75 Å². The number of unbranched alkanes of at least 4 members (excludes halogenated alkanes) is 1. The lowest BCUT2D eigenvalue weighted by Crippen LogP contribution is -2.25. The van der Waals surface area contributed by atoms with Crippen LogP contribution in [-0.4, -0.2) is 31.3 Å². The van der Waals surface area contributed by atoms with E-state index in [0.717, 1.165) is 12.0 Å². The number of benzene rings is 1. The molecular weight excluding hydrogens is 218 g/mol. The van der Waals surface area contributed by atoms with Crippen LogP contribution in [0.2, 0.25) is 0 Å². The van der Waals surface area contributed by atoms with E-state index in [1.807, 2.05) is 13.0 Å². The van der Waals surface area contributed by atoms with E-state index < -0.39 is 0 Å². The smallest absolute Gasteiger partial charge is 0.255 e. The Morgan fingerprint density at radius 2 is 2.18 bits per heavy atom. The van der Waals surface area contributed by atoms with Crippen LogP contribution in [0, 0.1) is 6.92 Å². The van der Waals surface area contributed by atoms with E-state index in [1.54, 1.807) is 19.2 Å². The monoisotopic (exact) mass is 237 g/mol. The van der Waals surface area contributed by atoms with Crippen LogP contribution in [0.1, 0.15) is 28.8 Å². The number of hydrogen-bond donors (Lipinski definition) is 2. The fourth-order valence-electron chi connectivity index (χ4n) is 1.53. The molecule has 17 heavy (non-hydrogen) atoms. The van der Waals surface area contributed by atoms with E-state index in [0.29, 0.717) is 24.3 Å². The van der Waals surface area contributed by atoms with Crippen molar-refractivity contribution in [3.63, 3.8) is 0 Å². The minimum atomic E-state index is -0.136. The summed E-state index contributed by atoms with van der Waals surface area (Å²) < 4.78 is 5.15. The van der Waals surface area contributed by atoms with Gasteiger partial charge in [-0.15, -0.1) is 0 Å². The number of carbonyl (C=O) groups is 1. The Morgan fingerprint density at radius 1 is 1.41 bits per heavy atom. The molecule has 4 nitrogen and oxygen atoms in total. The van der Waals surface area contributed by atoms with Gasteiger partial charge in [-0.25, -0.2) is 0 Å². The van der Waals surface area contributed by atoms with Gasteiger partial charge in [0.1, 0.15) is 5.75 Å². The molecular formula is C13H19NO3. The number of aliphatic hydroxyl groups excluding tert-OH is 1. The maximum absolute atomic E-state index is 11.9. The van der Waals surface area contributed by atoms with Crippen LogP contribution >= 0.6 is 0 Å². The van der Waals surface area contributed by atoms with Gasteiger partial charge in [-0.1, -0.05) is 11.6 Å². The van der Waals surface area contributed by atoms with Crippen LogP contribution in [0.5, 0.6) is 5.75 Å². The molecule has 0 saturated heterocycles. The van der Waals surface area contributed by atoms with Gasteiger partial charge < -0.3 is 15.2 Å². The minimum absolute atomic E-state index is 0.136. The summed E-state index contributed by atoms with van der Waals surface area (Å²) in [5.41, 5.74) is 1.57. The summed E-state index contributed by atoms with van der Waals surface area (Å²) in [4.78, 5) is 11.9. The molecule has 1 rings (SSSR count). The number of nitrogens with one attached hydrogen (secondary N) is 1. The summed E-state index contributed by atoms with van der Waals surface area (Å²) >= 11 is 0. The minimum Gasteiger partial charge on any atom is -0.496 e. The average Bonchev–Trinajstić information content (AvgIpc) is 2.34. The van der Waals surface area contributed by atoms with Crippen LogP contribution in [0.15, 0.2) is 18.2 Å². The molecule has 0 aliphatic heterocycles. The van der Waals surface area contributed by atoms with E-state index in [1.165, 1.54) is 0 Å². The van der Waals surface area contributed by atoms with Gasteiger partial charge in [0.2, 0.25) is 0 Å². The lowest BCUT2D eigenvalue weighted by atomic mass is 10.1. The van der Waals surface area contributed by atoms with Crippen molar-refractivity contribution in [1.82, 2.24) is 5.32 Å². The predicted molar refractivity (Wildman–Crippen MR) is 66.4 cm³/mol. The second-order valence-corrected chi connectivity index (χ2v) is 3.89. The first kappa shape index (κ1) is 13.5. The normalized spacial score (nSPS) is 10.1. The third-order valence-corrected chi connectivity index (χ3v) is 2.47. The molecule has 4 heteroatoms. The average molecular weight is 237 g/mol. The number of hydrogen-bond acceptors (Lipinski definition) is 3. The first-order valence-corrected chi connectivity index (χ1v) is 5.72. The zero-order valence-electron chi connectivity index (χ0n) is 10.3. The number of aryl methyl sites for hydroxylation is 1. The second kappa shape index (κ2) is 6.91. The standard InChI is InChI=1S/C13H19NO3/c1-10-5-6-12(17-2)11(9-10)13(16)14-7-3-4-8-15/h5-6,9,15H,3-4,7-8H2,1-2H3,(H,14,16). The van der Waals surface area contributed by atoms with Gasteiger partial charge >= 0.3 is 0 Å². The molecule has 0 aliphatic carbocycles. The molecule has 0 heterocycles. The second-order valence-electron chi connectivity index (χ2n) is 3.89. The highest BCUT2D eigenvalue weighted by molar-refractivity contribution is 5.97. The quantitative estimate of drug-likeness (QED) is 0.737. The van der Waals surface area contributed by atoms with Gasteiger partial charge in [0.25, 0.3) is 5.91 Å². The summed E-state index contributed by atoms with van der Waals surface area (Å²) in [7, 11) is 1.55. The van der Waals surface area contributed by atoms with Gasteiger partial charge in [0.05, 0.1) is 12.7 Å². The molecule has 0 atom stereocenters. The van der Waals surface area contributed by atoms with Gasteiger partial charge in [0.15, 0.2) is 0 Å². The van der Waals surface area contributed by atoms with E-state index >= 15 is 0 Å². The molecule has 1 aromatic carbocycles. The van der Waals surface area contributed by atoms with E-state index in [2.05, 4.69) is 5.32 Å². The summed E-state index contributed by atoms with van der Waals surface area (Å²) in [6.45, 7) is 2.65. The van der Waals surface area contributed by atoms with Crippen molar-refractivity contribution >= 4 is 5.91 Å². The lowest BCUT2D eigenvalue weighted by Gasteiger charge is -2.09. The van der Waals surface area contributed by atoms with Gasteiger partial charge in [-0.3, -0.25) is 4.79 Å². The van der Waals surface area contributed by atoms with Crippen LogP contribution in [0.4, 0.5) is 0 Å². The molecule has 1 aromatic rings. The molecule has 0 aliphatic rings. The predicted octanol–water partition coefficient (Wildman–Crippen LogP) is 1.51. The molecule has 0 aromatic heterocycles. The fraction of sp³-hybridized carbons (Fsp3) is 0.462. The highest BCUT2D eigenvalue weighted by Gasteiger charge is 2.11. The number of amides is 1. The van der Waals surface area contributed by atoms with Crippen molar-refractivity contribution in [2.24, 2.45) is 0 Å². The Morgan fingerprint density at radius 3 is 2.82 bits per heavy atom. The molecule has 0 radical (unpaired) electrons. The van der Waals surface area contributed by atoms with Crippen molar-refractivity contribution < 1.29 is 14.6 Å². The molecule has 0 fully saturated rings. The number of ether oxygens (including phenoxy) is 1. The Bertz CT molecular complexity index is 377. The van der Waals surface area contributed by atoms with Crippen molar-refractivity contribution in [3.05, 3.63) is 29.3 Å². The summed E-state index contributed by atoms with van der Waals surface area (Å²) in [5, 5.41) is 11.4. The maximum atomic E-state index is 11.9. The Hall–Kier alpha value is -1.55. The highest BCUT2D eigenvalue weighted by atomic mass is 16.5. The van der Waals surface area contributed by atoms with E-state index in [4.69, 9.17) is 9.84 Å². The SMILES string of the molecule is COc1ccc(C)cc1C(=O)NCCCCO. The zero-order valence-corrected chi connectivity index (χ0v) is 10.3. The first-order chi connectivity index (χ1) is 8.19. The van der Waals surface area contributed by atoms with E-state index in [9.17, 15) is 4.79 Å². The number of aliphatic hydroxyl groups is 1. The van der Waals surface area contributed by atoms with Crippen LogP contribution in [-0.2, 0) is 0 Å². The molecule has 94 valence electrons. The van der Waals surface area contributed by atoms with Crippen LogP contribution in [0.3, 0.4) is 0 Å². The molecule has 1 amide bonds. The summed E-state index contributed by atoms with van der Waals surface area (Å²) in [6.07, 6.45) is 1.47. The molecule has 0 saturated carbocycles. The van der Waals surface area contributed by atoms with Crippen molar-refractivity contribution in [2.45, 2.75) is 19.8 Å².